The molecule has 0 radical (unpaired) electrons. The standard InChI is InChI=1S/C23H24ClN3O3/c1-3-30-18-7-4-6-16(14-18)22-19-20(15-8-10-17(24)11-9-15)25-26-21(19)23(28)27(22)12-5-13-29-2/h4,6-11,14,22H,3,5,12-13H2,1-2H3,(H,25,26). The fraction of sp³-hybridized carbons (Fsp3) is 0.304. The van der Waals surface area contributed by atoms with E-state index in [1.54, 1.807) is 7.11 Å². The fourth-order valence-electron chi connectivity index (χ4n) is 3.92. The van der Waals surface area contributed by atoms with Crippen LogP contribution in [0.2, 0.25) is 5.02 Å². The maximum absolute atomic E-state index is 13.2. The number of aromatic amines is 1. The summed E-state index contributed by atoms with van der Waals surface area (Å²) in [4.78, 5) is 15.1. The van der Waals surface area contributed by atoms with Crippen molar-refractivity contribution in [1.82, 2.24) is 15.1 Å². The fourth-order valence-corrected chi connectivity index (χ4v) is 4.05. The number of ether oxygens (including phenoxy) is 2. The van der Waals surface area contributed by atoms with Gasteiger partial charge in [-0.25, -0.2) is 0 Å². The molecule has 0 fully saturated rings. The van der Waals surface area contributed by atoms with Gasteiger partial charge in [0.1, 0.15) is 11.4 Å². The second-order valence-corrected chi connectivity index (χ2v) is 7.56. The van der Waals surface area contributed by atoms with Crippen LogP contribution in [0.15, 0.2) is 48.5 Å². The van der Waals surface area contributed by atoms with Crippen LogP contribution in [0.4, 0.5) is 0 Å². The summed E-state index contributed by atoms with van der Waals surface area (Å²) in [5, 5.41) is 8.11. The van der Waals surface area contributed by atoms with E-state index in [2.05, 4.69) is 10.2 Å². The molecule has 156 valence electrons. The van der Waals surface area contributed by atoms with Gasteiger partial charge in [0.05, 0.1) is 18.3 Å². The number of hydrogen-bond acceptors (Lipinski definition) is 4. The summed E-state index contributed by atoms with van der Waals surface area (Å²) in [6.45, 7) is 3.71. The highest BCUT2D eigenvalue weighted by atomic mass is 35.5. The van der Waals surface area contributed by atoms with Crippen LogP contribution in [0.1, 0.15) is 41.0 Å². The molecule has 0 saturated heterocycles. The van der Waals surface area contributed by atoms with Crippen LogP contribution < -0.4 is 4.74 Å². The maximum Gasteiger partial charge on any atom is 0.273 e. The average molecular weight is 426 g/mol. The number of aromatic nitrogens is 2. The van der Waals surface area contributed by atoms with Gasteiger partial charge in [0.2, 0.25) is 0 Å². The van der Waals surface area contributed by atoms with Crippen molar-refractivity contribution < 1.29 is 14.3 Å². The quantitative estimate of drug-likeness (QED) is 0.531. The number of H-pyrrole nitrogens is 1. The highest BCUT2D eigenvalue weighted by Gasteiger charge is 2.41. The lowest BCUT2D eigenvalue weighted by Crippen LogP contribution is -2.31. The Hall–Kier alpha value is -2.83. The van der Waals surface area contributed by atoms with Crippen molar-refractivity contribution in [3.05, 3.63) is 70.4 Å². The summed E-state index contributed by atoms with van der Waals surface area (Å²) in [6.07, 6.45) is 0.748. The van der Waals surface area contributed by atoms with Crippen molar-refractivity contribution in [1.29, 1.82) is 0 Å². The molecule has 4 rings (SSSR count). The van der Waals surface area contributed by atoms with Crippen molar-refractivity contribution >= 4 is 17.5 Å². The molecule has 2 heterocycles. The summed E-state index contributed by atoms with van der Waals surface area (Å²) in [5.41, 5.74) is 4.07. The van der Waals surface area contributed by atoms with Gasteiger partial charge in [-0.2, -0.15) is 5.10 Å². The first-order chi connectivity index (χ1) is 14.6. The van der Waals surface area contributed by atoms with E-state index in [1.165, 1.54) is 0 Å². The van der Waals surface area contributed by atoms with E-state index in [1.807, 2.05) is 60.4 Å². The van der Waals surface area contributed by atoms with Gasteiger partial charge in [-0.3, -0.25) is 9.89 Å². The molecule has 0 bridgehead atoms. The molecule has 1 amide bonds. The van der Waals surface area contributed by atoms with Crippen molar-refractivity contribution in [2.75, 3.05) is 26.9 Å². The summed E-state index contributed by atoms with van der Waals surface area (Å²) in [6, 6.07) is 15.2. The molecule has 1 aliphatic heterocycles. The molecule has 6 nitrogen and oxygen atoms in total. The van der Waals surface area contributed by atoms with Crippen molar-refractivity contribution in [3.63, 3.8) is 0 Å². The van der Waals surface area contributed by atoms with Crippen LogP contribution in [0.25, 0.3) is 11.3 Å². The Morgan fingerprint density at radius 1 is 1.20 bits per heavy atom. The number of amides is 1. The predicted molar refractivity (Wildman–Crippen MR) is 116 cm³/mol. The third kappa shape index (κ3) is 3.80. The molecule has 2 aromatic carbocycles. The number of nitrogens with one attached hydrogen (secondary N) is 1. The number of methoxy groups -OCH3 is 1. The lowest BCUT2D eigenvalue weighted by Gasteiger charge is -2.26. The van der Waals surface area contributed by atoms with Crippen LogP contribution in [0.5, 0.6) is 5.75 Å². The Kier molecular flexibility index (Phi) is 6.06. The number of carbonyl (C=O) groups is 1. The van der Waals surface area contributed by atoms with E-state index in [0.717, 1.165) is 34.6 Å². The van der Waals surface area contributed by atoms with Crippen molar-refractivity contribution in [3.8, 4) is 17.0 Å². The normalized spacial score (nSPS) is 15.5. The van der Waals surface area contributed by atoms with E-state index < -0.39 is 0 Å². The Morgan fingerprint density at radius 3 is 2.73 bits per heavy atom. The second kappa shape index (κ2) is 8.90. The number of halogens is 1. The van der Waals surface area contributed by atoms with E-state index in [9.17, 15) is 4.79 Å². The van der Waals surface area contributed by atoms with Gasteiger partial charge in [-0.15, -0.1) is 0 Å². The minimum atomic E-state index is -0.255. The molecule has 3 aromatic rings. The highest BCUT2D eigenvalue weighted by molar-refractivity contribution is 6.30. The monoisotopic (exact) mass is 425 g/mol. The topological polar surface area (TPSA) is 67.5 Å². The second-order valence-electron chi connectivity index (χ2n) is 7.12. The van der Waals surface area contributed by atoms with Crippen LogP contribution in [-0.2, 0) is 4.74 Å². The molecule has 1 aliphatic rings. The lowest BCUT2D eigenvalue weighted by molar-refractivity contribution is 0.0723. The zero-order valence-electron chi connectivity index (χ0n) is 17.0. The SMILES string of the molecule is CCOc1cccc(C2c3c(-c4ccc(Cl)cc4)n[nH]c3C(=O)N2CCCOC)c1. The first-order valence-electron chi connectivity index (χ1n) is 10.0. The first-order valence-corrected chi connectivity index (χ1v) is 10.4. The first kappa shape index (κ1) is 20.4. The minimum absolute atomic E-state index is 0.0550. The zero-order valence-corrected chi connectivity index (χ0v) is 17.8. The molecule has 0 spiro atoms. The summed E-state index contributed by atoms with van der Waals surface area (Å²) < 4.78 is 10.9. The molecule has 0 saturated carbocycles. The highest BCUT2D eigenvalue weighted by Crippen LogP contribution is 2.43. The molecule has 1 unspecified atom stereocenters. The van der Waals surface area contributed by atoms with Crippen LogP contribution >= 0.6 is 11.6 Å². The molecular weight excluding hydrogens is 402 g/mol. The van der Waals surface area contributed by atoms with Gasteiger partial charge >= 0.3 is 0 Å². The van der Waals surface area contributed by atoms with E-state index in [0.29, 0.717) is 30.5 Å². The van der Waals surface area contributed by atoms with Gasteiger partial charge in [-0.1, -0.05) is 35.9 Å². The van der Waals surface area contributed by atoms with Gasteiger partial charge in [0, 0.05) is 36.4 Å². The van der Waals surface area contributed by atoms with E-state index >= 15 is 0 Å². The molecule has 30 heavy (non-hydrogen) atoms. The molecule has 0 aliphatic carbocycles. The van der Waals surface area contributed by atoms with Gasteiger partial charge in [-0.05, 0) is 43.2 Å². The number of fused-ring (bicyclic) bond motifs is 1. The van der Waals surface area contributed by atoms with E-state index in [4.69, 9.17) is 21.1 Å². The molecule has 1 N–H and O–H groups in total. The molecule has 7 heteroatoms. The van der Waals surface area contributed by atoms with Gasteiger partial charge < -0.3 is 14.4 Å². The number of rotatable bonds is 8. The van der Waals surface area contributed by atoms with Crippen LogP contribution in [0, 0.1) is 0 Å². The van der Waals surface area contributed by atoms with Gasteiger partial charge in [0.25, 0.3) is 5.91 Å². The van der Waals surface area contributed by atoms with Crippen LogP contribution in [0.3, 0.4) is 0 Å². The third-order valence-corrected chi connectivity index (χ3v) is 5.47. The third-order valence-electron chi connectivity index (χ3n) is 5.21. The Labute approximate surface area is 180 Å². The largest absolute Gasteiger partial charge is 0.494 e. The molecule has 1 atom stereocenters. The predicted octanol–water partition coefficient (Wildman–Crippen LogP) is 4.71. The summed E-state index contributed by atoms with van der Waals surface area (Å²) >= 11 is 6.06. The minimum Gasteiger partial charge on any atom is -0.494 e. The molecule has 1 aromatic heterocycles. The van der Waals surface area contributed by atoms with Crippen LogP contribution in [-0.4, -0.2) is 47.9 Å². The summed E-state index contributed by atoms with van der Waals surface area (Å²) in [5.74, 6) is 0.727. The number of nitrogens with zero attached hydrogens (tertiary/aromatic N) is 2. The number of carbonyl (C=O) groups excluding carboxylic acids is 1. The Bertz CT molecular complexity index is 1030. The van der Waals surface area contributed by atoms with E-state index in [-0.39, 0.29) is 11.9 Å². The maximum atomic E-state index is 13.2. The number of hydrogen-bond donors (Lipinski definition) is 1. The Morgan fingerprint density at radius 2 is 2.00 bits per heavy atom. The molecular formula is C23H24ClN3O3. The summed E-state index contributed by atoms with van der Waals surface area (Å²) in [7, 11) is 1.67. The lowest BCUT2D eigenvalue weighted by atomic mass is 9.96. The zero-order chi connectivity index (χ0) is 21.1. The number of benzene rings is 2. The Balaban J connectivity index is 1.80. The van der Waals surface area contributed by atoms with Gasteiger partial charge in [0.15, 0.2) is 0 Å². The van der Waals surface area contributed by atoms with Crippen molar-refractivity contribution in [2.24, 2.45) is 0 Å². The smallest absolute Gasteiger partial charge is 0.273 e. The average Bonchev–Trinajstić information content (AvgIpc) is 3.29. The van der Waals surface area contributed by atoms with Crippen molar-refractivity contribution in [2.45, 2.75) is 19.4 Å².